The van der Waals surface area contributed by atoms with Crippen molar-refractivity contribution >= 4 is 22.7 Å². The van der Waals surface area contributed by atoms with E-state index in [-0.39, 0.29) is 11.2 Å². The Morgan fingerprint density at radius 2 is 1.92 bits per heavy atom. The molecule has 0 saturated heterocycles. The number of thioether (sulfide) groups is 1. The van der Waals surface area contributed by atoms with E-state index < -0.39 is 5.82 Å². The maximum Gasteiger partial charge on any atom is 0.266 e. The van der Waals surface area contributed by atoms with Crippen LogP contribution in [0.1, 0.15) is 6.92 Å². The summed E-state index contributed by atoms with van der Waals surface area (Å²) in [5.41, 5.74) is 0.540. The number of rotatable bonds is 6. The van der Waals surface area contributed by atoms with Crippen LogP contribution in [-0.4, -0.2) is 28.5 Å². The van der Waals surface area contributed by atoms with E-state index in [4.69, 9.17) is 4.74 Å². The van der Waals surface area contributed by atoms with E-state index in [0.29, 0.717) is 35.0 Å². The zero-order valence-electron chi connectivity index (χ0n) is 13.2. The fourth-order valence-corrected chi connectivity index (χ4v) is 3.25. The van der Waals surface area contributed by atoms with Crippen LogP contribution >= 0.6 is 11.8 Å². The van der Waals surface area contributed by atoms with Gasteiger partial charge in [0.15, 0.2) is 5.16 Å². The van der Waals surface area contributed by atoms with Crippen LogP contribution in [-0.2, 0) is 4.74 Å². The number of hydrogen-bond acceptors (Lipinski definition) is 4. The van der Waals surface area contributed by atoms with Crippen LogP contribution in [0, 0.1) is 5.82 Å². The van der Waals surface area contributed by atoms with E-state index >= 15 is 0 Å². The van der Waals surface area contributed by atoms with Gasteiger partial charge in [-0.1, -0.05) is 36.0 Å². The number of ether oxygens (including phenoxy) is 1. The van der Waals surface area contributed by atoms with Crippen molar-refractivity contribution in [2.75, 3.05) is 19.0 Å². The SMILES string of the molecule is CCOCCSc1nc2ccccc2c(=O)n1-c1ccccc1F. The highest BCUT2D eigenvalue weighted by Crippen LogP contribution is 2.22. The lowest BCUT2D eigenvalue weighted by Gasteiger charge is -2.13. The minimum Gasteiger partial charge on any atom is -0.381 e. The molecule has 0 spiro atoms. The van der Waals surface area contributed by atoms with E-state index in [1.807, 2.05) is 13.0 Å². The molecule has 6 heteroatoms. The van der Waals surface area contributed by atoms with Crippen molar-refractivity contribution in [2.24, 2.45) is 0 Å². The summed E-state index contributed by atoms with van der Waals surface area (Å²) >= 11 is 1.38. The topological polar surface area (TPSA) is 44.1 Å². The fraction of sp³-hybridized carbons (Fsp3) is 0.222. The van der Waals surface area contributed by atoms with Gasteiger partial charge in [0.1, 0.15) is 5.82 Å². The lowest BCUT2D eigenvalue weighted by Crippen LogP contribution is -2.23. The summed E-state index contributed by atoms with van der Waals surface area (Å²) in [5.74, 6) is 0.177. The molecule has 0 radical (unpaired) electrons. The highest BCUT2D eigenvalue weighted by atomic mass is 32.2. The monoisotopic (exact) mass is 344 g/mol. The van der Waals surface area contributed by atoms with E-state index in [1.165, 1.54) is 22.4 Å². The number of benzene rings is 2. The van der Waals surface area contributed by atoms with Crippen LogP contribution in [0.3, 0.4) is 0 Å². The van der Waals surface area contributed by atoms with Crippen molar-refractivity contribution < 1.29 is 9.13 Å². The first kappa shape index (κ1) is 16.7. The Hall–Kier alpha value is -2.18. The summed E-state index contributed by atoms with van der Waals surface area (Å²) in [7, 11) is 0. The van der Waals surface area contributed by atoms with Crippen LogP contribution < -0.4 is 5.56 Å². The number of aromatic nitrogens is 2. The van der Waals surface area contributed by atoms with Crippen molar-refractivity contribution in [3.63, 3.8) is 0 Å². The molecule has 0 N–H and O–H groups in total. The van der Waals surface area contributed by atoms with E-state index in [2.05, 4.69) is 4.98 Å². The predicted molar refractivity (Wildman–Crippen MR) is 94.5 cm³/mol. The van der Waals surface area contributed by atoms with Gasteiger partial charge in [-0.05, 0) is 31.2 Å². The quantitative estimate of drug-likeness (QED) is 0.389. The third-order valence-corrected chi connectivity index (χ3v) is 4.40. The number of hydrogen-bond donors (Lipinski definition) is 0. The Bertz CT molecular complexity index is 911. The van der Waals surface area contributed by atoms with Gasteiger partial charge in [-0.2, -0.15) is 0 Å². The number of fused-ring (bicyclic) bond motifs is 1. The zero-order valence-corrected chi connectivity index (χ0v) is 14.1. The van der Waals surface area contributed by atoms with Crippen molar-refractivity contribution in [3.8, 4) is 5.69 Å². The molecular formula is C18H17FN2O2S. The Balaban J connectivity index is 2.15. The summed E-state index contributed by atoms with van der Waals surface area (Å²) in [6.45, 7) is 3.10. The van der Waals surface area contributed by atoms with E-state index in [9.17, 15) is 9.18 Å². The summed E-state index contributed by atoms with van der Waals surface area (Å²) in [6, 6.07) is 13.3. The molecule has 1 aromatic heterocycles. The smallest absolute Gasteiger partial charge is 0.266 e. The first-order chi connectivity index (χ1) is 11.7. The molecule has 0 unspecified atom stereocenters. The molecule has 0 saturated carbocycles. The van der Waals surface area contributed by atoms with E-state index in [1.54, 1.807) is 36.4 Å². The molecule has 0 atom stereocenters. The predicted octanol–water partition coefficient (Wildman–Crippen LogP) is 3.65. The second-order valence-corrected chi connectivity index (χ2v) is 6.11. The fourth-order valence-electron chi connectivity index (χ4n) is 2.39. The largest absolute Gasteiger partial charge is 0.381 e. The number of para-hydroxylation sites is 2. The minimum atomic E-state index is -0.455. The molecule has 4 nitrogen and oxygen atoms in total. The third-order valence-electron chi connectivity index (χ3n) is 3.50. The molecule has 1 heterocycles. The molecule has 0 fully saturated rings. The highest BCUT2D eigenvalue weighted by molar-refractivity contribution is 7.99. The van der Waals surface area contributed by atoms with Gasteiger partial charge in [0.05, 0.1) is 23.2 Å². The Labute approximate surface area is 143 Å². The van der Waals surface area contributed by atoms with Gasteiger partial charge in [0.25, 0.3) is 5.56 Å². The van der Waals surface area contributed by atoms with Gasteiger partial charge in [-0.25, -0.2) is 9.37 Å². The van der Waals surface area contributed by atoms with Crippen molar-refractivity contribution in [3.05, 3.63) is 64.7 Å². The second kappa shape index (κ2) is 7.59. The molecule has 2 aromatic carbocycles. The van der Waals surface area contributed by atoms with Crippen LogP contribution in [0.25, 0.3) is 16.6 Å². The molecule has 0 bridgehead atoms. The van der Waals surface area contributed by atoms with Gasteiger partial charge < -0.3 is 4.74 Å². The Morgan fingerprint density at radius 1 is 1.17 bits per heavy atom. The first-order valence-corrected chi connectivity index (χ1v) is 8.68. The lowest BCUT2D eigenvalue weighted by atomic mass is 10.2. The van der Waals surface area contributed by atoms with Crippen molar-refractivity contribution in [1.29, 1.82) is 0 Å². The van der Waals surface area contributed by atoms with Crippen LogP contribution in [0.5, 0.6) is 0 Å². The molecule has 3 rings (SSSR count). The van der Waals surface area contributed by atoms with Gasteiger partial charge in [0.2, 0.25) is 0 Å². The molecule has 24 heavy (non-hydrogen) atoms. The average Bonchev–Trinajstić information content (AvgIpc) is 2.60. The van der Waals surface area contributed by atoms with Crippen LogP contribution in [0.4, 0.5) is 4.39 Å². The lowest BCUT2D eigenvalue weighted by molar-refractivity contribution is 0.164. The molecular weight excluding hydrogens is 327 g/mol. The van der Waals surface area contributed by atoms with E-state index in [0.717, 1.165) is 0 Å². The molecule has 124 valence electrons. The molecule has 0 amide bonds. The normalized spacial score (nSPS) is 11.1. The minimum absolute atomic E-state index is 0.208. The average molecular weight is 344 g/mol. The Kier molecular flexibility index (Phi) is 5.27. The maximum atomic E-state index is 14.3. The molecule has 0 aliphatic heterocycles. The second-order valence-electron chi connectivity index (χ2n) is 5.05. The number of halogens is 1. The molecule has 3 aromatic rings. The zero-order chi connectivity index (χ0) is 16.9. The molecule has 0 aliphatic rings. The molecule has 0 aliphatic carbocycles. The van der Waals surface area contributed by atoms with Gasteiger partial charge in [0, 0.05) is 12.4 Å². The first-order valence-electron chi connectivity index (χ1n) is 7.69. The summed E-state index contributed by atoms with van der Waals surface area (Å²) in [6.07, 6.45) is 0. The standard InChI is InChI=1S/C18H17FN2O2S/c1-2-23-11-12-24-18-20-15-9-5-3-7-13(15)17(22)21(18)16-10-6-4-8-14(16)19/h3-10H,2,11-12H2,1H3. The number of nitrogens with zero attached hydrogens (tertiary/aromatic N) is 2. The van der Waals surface area contributed by atoms with Crippen LogP contribution in [0.2, 0.25) is 0 Å². The summed E-state index contributed by atoms with van der Waals surface area (Å²) in [4.78, 5) is 17.5. The third kappa shape index (κ3) is 3.34. The van der Waals surface area contributed by atoms with Crippen molar-refractivity contribution in [2.45, 2.75) is 12.1 Å². The van der Waals surface area contributed by atoms with Gasteiger partial charge >= 0.3 is 0 Å². The summed E-state index contributed by atoms with van der Waals surface area (Å²) < 4.78 is 20.9. The van der Waals surface area contributed by atoms with Gasteiger partial charge in [-0.3, -0.25) is 9.36 Å². The van der Waals surface area contributed by atoms with Crippen molar-refractivity contribution in [1.82, 2.24) is 9.55 Å². The Morgan fingerprint density at radius 3 is 2.71 bits per heavy atom. The maximum absolute atomic E-state index is 14.3. The highest BCUT2D eigenvalue weighted by Gasteiger charge is 2.15. The van der Waals surface area contributed by atoms with Crippen LogP contribution in [0.15, 0.2) is 58.5 Å². The van der Waals surface area contributed by atoms with Gasteiger partial charge in [-0.15, -0.1) is 0 Å². The summed E-state index contributed by atoms with van der Waals surface area (Å²) in [5, 5.41) is 0.929.